The maximum Gasteiger partial charge on any atom is 0.237 e. The van der Waals surface area contributed by atoms with Gasteiger partial charge in [-0.2, -0.15) is 0 Å². The van der Waals surface area contributed by atoms with Gasteiger partial charge in [0.1, 0.15) is 0 Å². The predicted molar refractivity (Wildman–Crippen MR) is 86.5 cm³/mol. The minimum absolute atomic E-state index is 0.284. The fraction of sp³-hybridized carbons (Fsp3) is 0.688. The second kappa shape index (κ2) is 6.90. The lowest BCUT2D eigenvalue weighted by Gasteiger charge is -2.27. The molecule has 1 N–H and O–H groups in total. The van der Waals surface area contributed by atoms with Gasteiger partial charge in [0.2, 0.25) is 5.91 Å². The number of likely N-dealkylation sites (N-methyl/N-ethyl adjacent to an activating group) is 1. The van der Waals surface area contributed by atoms with E-state index in [1.165, 1.54) is 17.7 Å². The fourth-order valence-corrected chi connectivity index (χ4v) is 4.39. The quantitative estimate of drug-likeness (QED) is 0.905. The highest BCUT2D eigenvalue weighted by Crippen LogP contribution is 2.34. The lowest BCUT2D eigenvalue weighted by atomic mass is 10.2. The molecule has 4 nitrogen and oxygen atoms in total. The highest BCUT2D eigenvalue weighted by atomic mass is 32.1. The minimum Gasteiger partial charge on any atom is -0.334 e. The first-order valence-corrected chi connectivity index (χ1v) is 8.87. The lowest BCUT2D eigenvalue weighted by Crippen LogP contribution is -2.42. The number of hydrogen-bond donors (Lipinski definition) is 1. The largest absolute Gasteiger partial charge is 0.334 e. The van der Waals surface area contributed by atoms with Crippen molar-refractivity contribution in [3.63, 3.8) is 0 Å². The molecule has 3 rings (SSSR count). The van der Waals surface area contributed by atoms with Crippen LogP contribution in [0.25, 0.3) is 0 Å². The molecule has 2 fully saturated rings. The van der Waals surface area contributed by atoms with E-state index in [0.29, 0.717) is 18.6 Å². The number of rotatable bonds is 5. The third kappa shape index (κ3) is 3.65. The molecule has 2 unspecified atom stereocenters. The molecule has 0 radical (unpaired) electrons. The monoisotopic (exact) mass is 307 g/mol. The molecule has 0 aliphatic carbocycles. The van der Waals surface area contributed by atoms with Gasteiger partial charge in [-0.3, -0.25) is 9.69 Å². The highest BCUT2D eigenvalue weighted by molar-refractivity contribution is 7.10. The summed E-state index contributed by atoms with van der Waals surface area (Å²) in [5.41, 5.74) is 0. The summed E-state index contributed by atoms with van der Waals surface area (Å²) >= 11 is 1.77. The van der Waals surface area contributed by atoms with Crippen LogP contribution in [0.15, 0.2) is 17.5 Å². The summed E-state index contributed by atoms with van der Waals surface area (Å²) in [6.45, 7) is 3.55. The molecule has 5 heteroatoms. The number of nitrogens with zero attached hydrogens (tertiary/aromatic N) is 2. The second-order valence-electron chi connectivity index (χ2n) is 6.25. The summed E-state index contributed by atoms with van der Waals surface area (Å²) in [6.07, 6.45) is 4.74. The van der Waals surface area contributed by atoms with E-state index in [9.17, 15) is 4.79 Å². The molecule has 21 heavy (non-hydrogen) atoms. The van der Waals surface area contributed by atoms with E-state index in [2.05, 4.69) is 39.7 Å². The van der Waals surface area contributed by atoms with E-state index in [-0.39, 0.29) is 5.91 Å². The van der Waals surface area contributed by atoms with E-state index in [0.717, 1.165) is 32.5 Å². The van der Waals surface area contributed by atoms with Crippen molar-refractivity contribution in [1.82, 2.24) is 15.1 Å². The molecule has 3 heterocycles. The van der Waals surface area contributed by atoms with Crippen LogP contribution in [-0.2, 0) is 4.79 Å². The van der Waals surface area contributed by atoms with Crippen molar-refractivity contribution in [2.24, 2.45) is 0 Å². The molecule has 2 saturated heterocycles. The Labute approximate surface area is 131 Å². The molecule has 0 aromatic carbocycles. The van der Waals surface area contributed by atoms with Gasteiger partial charge in [0.25, 0.3) is 0 Å². The smallest absolute Gasteiger partial charge is 0.237 e. The molecule has 116 valence electrons. The SMILES string of the molecule is CN(CC(=O)N1CCCC1c1cccs1)CC1CCCN1. The molecule has 1 amide bonds. The standard InChI is InChI=1S/C16H25N3OS/c1-18(11-13-5-2-8-17-13)12-16(20)19-9-3-6-14(19)15-7-4-10-21-15/h4,7,10,13-14,17H,2-3,5-6,8-9,11-12H2,1H3. The topological polar surface area (TPSA) is 35.6 Å². The Morgan fingerprint density at radius 3 is 3.10 bits per heavy atom. The number of thiophene rings is 1. The molecule has 2 aliphatic rings. The zero-order chi connectivity index (χ0) is 14.7. The van der Waals surface area contributed by atoms with Gasteiger partial charge in [0, 0.05) is 24.0 Å². The van der Waals surface area contributed by atoms with Gasteiger partial charge < -0.3 is 10.2 Å². The van der Waals surface area contributed by atoms with Gasteiger partial charge in [0.05, 0.1) is 12.6 Å². The van der Waals surface area contributed by atoms with E-state index < -0.39 is 0 Å². The zero-order valence-electron chi connectivity index (χ0n) is 12.8. The van der Waals surface area contributed by atoms with Crippen molar-refractivity contribution in [3.05, 3.63) is 22.4 Å². The first-order valence-electron chi connectivity index (χ1n) is 7.99. The van der Waals surface area contributed by atoms with Gasteiger partial charge in [-0.15, -0.1) is 11.3 Å². The van der Waals surface area contributed by atoms with E-state index >= 15 is 0 Å². The maximum absolute atomic E-state index is 12.6. The molecule has 0 bridgehead atoms. The molecule has 0 spiro atoms. The maximum atomic E-state index is 12.6. The van der Waals surface area contributed by atoms with Crippen LogP contribution in [-0.4, -0.2) is 55.0 Å². The van der Waals surface area contributed by atoms with Gasteiger partial charge in [0.15, 0.2) is 0 Å². The van der Waals surface area contributed by atoms with Crippen LogP contribution >= 0.6 is 11.3 Å². The Bertz CT molecular complexity index is 456. The minimum atomic E-state index is 0.284. The first-order chi connectivity index (χ1) is 10.2. The number of carbonyl (C=O) groups excluding carboxylic acids is 1. The Morgan fingerprint density at radius 1 is 1.48 bits per heavy atom. The fourth-order valence-electron chi connectivity index (χ4n) is 3.52. The summed E-state index contributed by atoms with van der Waals surface area (Å²) in [5.74, 6) is 0.284. The highest BCUT2D eigenvalue weighted by Gasteiger charge is 2.31. The third-order valence-corrected chi connectivity index (χ3v) is 5.52. The average Bonchev–Trinajstić information content (AvgIpc) is 3.20. The van der Waals surface area contributed by atoms with Gasteiger partial charge in [-0.25, -0.2) is 0 Å². The van der Waals surface area contributed by atoms with Gasteiger partial charge in [-0.05, 0) is 50.7 Å². The molecule has 2 atom stereocenters. The first kappa shape index (κ1) is 15.0. The van der Waals surface area contributed by atoms with Crippen molar-refractivity contribution in [2.45, 2.75) is 37.8 Å². The van der Waals surface area contributed by atoms with Crippen LogP contribution in [0, 0.1) is 0 Å². The number of nitrogens with one attached hydrogen (secondary N) is 1. The summed E-state index contributed by atoms with van der Waals surface area (Å²) in [7, 11) is 2.06. The van der Waals surface area contributed by atoms with E-state index in [1.807, 2.05) is 0 Å². The average molecular weight is 307 g/mol. The van der Waals surface area contributed by atoms with E-state index in [1.54, 1.807) is 11.3 Å². The molecular formula is C16H25N3OS. The van der Waals surface area contributed by atoms with E-state index in [4.69, 9.17) is 0 Å². The molecule has 1 aromatic rings. The van der Waals surface area contributed by atoms with Crippen molar-refractivity contribution < 1.29 is 4.79 Å². The van der Waals surface area contributed by atoms with Crippen molar-refractivity contribution in [2.75, 3.05) is 33.2 Å². The van der Waals surface area contributed by atoms with Gasteiger partial charge >= 0.3 is 0 Å². The Morgan fingerprint density at radius 2 is 2.38 bits per heavy atom. The van der Waals surface area contributed by atoms with Crippen LogP contribution in [0.5, 0.6) is 0 Å². The summed E-state index contributed by atoms with van der Waals surface area (Å²) in [5, 5.41) is 5.60. The van der Waals surface area contributed by atoms with Gasteiger partial charge in [-0.1, -0.05) is 6.07 Å². The second-order valence-corrected chi connectivity index (χ2v) is 7.23. The van der Waals surface area contributed by atoms with Crippen molar-refractivity contribution in [1.29, 1.82) is 0 Å². The summed E-state index contributed by atoms with van der Waals surface area (Å²) in [6, 6.07) is 5.12. The van der Waals surface area contributed by atoms with Crippen molar-refractivity contribution >= 4 is 17.2 Å². The molecule has 0 saturated carbocycles. The summed E-state index contributed by atoms with van der Waals surface area (Å²) in [4.78, 5) is 18.2. The summed E-state index contributed by atoms with van der Waals surface area (Å²) < 4.78 is 0. The number of carbonyl (C=O) groups is 1. The Balaban J connectivity index is 1.54. The van der Waals surface area contributed by atoms with Crippen molar-refractivity contribution in [3.8, 4) is 0 Å². The molecule has 2 aliphatic heterocycles. The van der Waals surface area contributed by atoms with Crippen LogP contribution in [0.3, 0.4) is 0 Å². The number of hydrogen-bond acceptors (Lipinski definition) is 4. The Hall–Kier alpha value is -0.910. The number of likely N-dealkylation sites (tertiary alicyclic amines) is 1. The van der Waals surface area contributed by atoms with Crippen LogP contribution in [0.2, 0.25) is 0 Å². The number of amides is 1. The Kier molecular flexibility index (Phi) is 4.93. The normalized spacial score (nSPS) is 25.9. The predicted octanol–water partition coefficient (Wildman–Crippen LogP) is 2.10. The lowest BCUT2D eigenvalue weighted by molar-refractivity contribution is -0.133. The third-order valence-electron chi connectivity index (χ3n) is 4.54. The van der Waals surface area contributed by atoms with Crippen LogP contribution < -0.4 is 5.32 Å². The van der Waals surface area contributed by atoms with Crippen LogP contribution in [0.4, 0.5) is 0 Å². The van der Waals surface area contributed by atoms with Crippen LogP contribution in [0.1, 0.15) is 36.6 Å². The molecular weight excluding hydrogens is 282 g/mol. The zero-order valence-corrected chi connectivity index (χ0v) is 13.6. The molecule has 1 aromatic heterocycles.